The maximum Gasteiger partial charge on any atom is 0.407 e. The molecule has 0 saturated carbocycles. The van der Waals surface area contributed by atoms with Crippen LogP contribution >= 0.6 is 11.3 Å². The summed E-state index contributed by atoms with van der Waals surface area (Å²) < 4.78 is 37.9. The van der Waals surface area contributed by atoms with Gasteiger partial charge in [0.2, 0.25) is 5.91 Å². The van der Waals surface area contributed by atoms with E-state index in [0.717, 1.165) is 16.8 Å². The minimum Gasteiger partial charge on any atom is -0.453 e. The number of methoxy groups -OCH3 is 1. The minimum absolute atomic E-state index is 0.186. The number of alkyl carbamates (subject to hydrolysis) is 1. The molecule has 0 spiro atoms. The fourth-order valence-electron chi connectivity index (χ4n) is 3.62. The van der Waals surface area contributed by atoms with Crippen LogP contribution in [0.3, 0.4) is 0 Å². The van der Waals surface area contributed by atoms with Gasteiger partial charge >= 0.3 is 16.4 Å². The van der Waals surface area contributed by atoms with Crippen molar-refractivity contribution >= 4 is 39.3 Å². The predicted octanol–water partition coefficient (Wildman–Crippen LogP) is 4.02. The average Bonchev–Trinajstić information content (AvgIpc) is 3.35. The summed E-state index contributed by atoms with van der Waals surface area (Å²) in [5.74, 6) is -0.401. The van der Waals surface area contributed by atoms with Crippen molar-refractivity contribution < 1.29 is 27.3 Å². The molecule has 2 unspecified atom stereocenters. The molecule has 2 aromatic carbocycles. The molecule has 0 aliphatic rings. The molecule has 2 amide bonds. The average molecular weight is 561 g/mol. The van der Waals surface area contributed by atoms with Crippen LogP contribution in [0.25, 0.3) is 0 Å². The first-order chi connectivity index (χ1) is 17.8. The van der Waals surface area contributed by atoms with Gasteiger partial charge in [-0.05, 0) is 29.7 Å². The van der Waals surface area contributed by atoms with Gasteiger partial charge in [-0.2, -0.15) is 8.42 Å². The van der Waals surface area contributed by atoms with E-state index in [4.69, 9.17) is 14.3 Å². The molecule has 1 aromatic heterocycles. The van der Waals surface area contributed by atoms with Gasteiger partial charge in [0, 0.05) is 17.2 Å². The van der Waals surface area contributed by atoms with Gasteiger partial charge in [-0.1, -0.05) is 63.2 Å². The molecule has 4 N–H and O–H groups in total. The molecule has 204 valence electrons. The van der Waals surface area contributed by atoms with E-state index >= 15 is 0 Å². The zero-order valence-corrected chi connectivity index (χ0v) is 23.2. The van der Waals surface area contributed by atoms with E-state index in [9.17, 15) is 18.0 Å². The van der Waals surface area contributed by atoms with Gasteiger partial charge in [0.15, 0.2) is 0 Å². The third kappa shape index (κ3) is 8.82. The smallest absolute Gasteiger partial charge is 0.407 e. The van der Waals surface area contributed by atoms with Crippen molar-refractivity contribution in [2.75, 3.05) is 11.8 Å². The number of carbonyl (C=O) groups is 2. The van der Waals surface area contributed by atoms with E-state index in [2.05, 4.69) is 31.4 Å². The summed E-state index contributed by atoms with van der Waals surface area (Å²) in [6, 6.07) is 14.3. The number of nitrogens with one attached hydrogen (secondary N) is 3. The van der Waals surface area contributed by atoms with Crippen molar-refractivity contribution in [3.05, 3.63) is 81.8 Å². The van der Waals surface area contributed by atoms with Gasteiger partial charge in [-0.3, -0.25) is 14.1 Å². The standard InChI is InChI=1S/C26H32N4O6S2/c1-26(2,3)22-16-37-24(29-22)21(15-18-10-12-19(13-11-18)30-38(33,34)35)27-23(31)20(28-25(32)36-4)14-17-8-6-5-7-9-17/h5-13,16,20-21,30H,14-15H2,1-4H3,(H,27,31)(H,28,32)(H,33,34,35). The molecule has 0 saturated heterocycles. The second-order valence-corrected chi connectivity index (χ2v) is 11.8. The summed E-state index contributed by atoms with van der Waals surface area (Å²) in [4.78, 5) is 30.3. The first-order valence-corrected chi connectivity index (χ1v) is 14.1. The zero-order chi connectivity index (χ0) is 27.9. The van der Waals surface area contributed by atoms with Crippen LogP contribution in [-0.2, 0) is 38.1 Å². The Morgan fingerprint density at radius 2 is 1.63 bits per heavy atom. The second kappa shape index (κ2) is 12.4. The summed E-state index contributed by atoms with van der Waals surface area (Å²) >= 11 is 1.43. The second-order valence-electron chi connectivity index (χ2n) is 9.74. The van der Waals surface area contributed by atoms with Gasteiger partial charge in [0.1, 0.15) is 11.0 Å². The summed E-state index contributed by atoms with van der Waals surface area (Å²) in [7, 11) is -3.16. The monoisotopic (exact) mass is 560 g/mol. The number of thiazole rings is 1. The first-order valence-electron chi connectivity index (χ1n) is 11.8. The highest BCUT2D eigenvalue weighted by molar-refractivity contribution is 7.87. The third-order valence-electron chi connectivity index (χ3n) is 5.62. The Morgan fingerprint density at radius 3 is 2.18 bits per heavy atom. The molecular weight excluding hydrogens is 528 g/mol. The Kier molecular flexibility index (Phi) is 9.47. The lowest BCUT2D eigenvalue weighted by Gasteiger charge is -2.23. The Morgan fingerprint density at radius 1 is 1.00 bits per heavy atom. The number of anilines is 1. The van der Waals surface area contributed by atoms with Crippen LogP contribution in [-0.4, -0.2) is 43.1 Å². The van der Waals surface area contributed by atoms with E-state index in [1.54, 1.807) is 12.1 Å². The number of aromatic nitrogens is 1. The molecule has 0 radical (unpaired) electrons. The highest BCUT2D eigenvalue weighted by Gasteiger charge is 2.27. The fraction of sp³-hybridized carbons (Fsp3) is 0.346. The number of benzene rings is 2. The van der Waals surface area contributed by atoms with Gasteiger partial charge in [0.05, 0.1) is 24.5 Å². The molecule has 0 fully saturated rings. The van der Waals surface area contributed by atoms with Gasteiger partial charge in [-0.15, -0.1) is 11.3 Å². The Balaban J connectivity index is 1.87. The van der Waals surface area contributed by atoms with E-state index < -0.39 is 34.4 Å². The number of hydrogen-bond donors (Lipinski definition) is 4. The molecule has 0 aliphatic heterocycles. The van der Waals surface area contributed by atoms with Crippen molar-refractivity contribution in [1.82, 2.24) is 15.6 Å². The number of carbonyl (C=O) groups excluding carboxylic acids is 2. The van der Waals surface area contributed by atoms with Crippen molar-refractivity contribution in [2.24, 2.45) is 0 Å². The van der Waals surface area contributed by atoms with Gasteiger partial charge in [0.25, 0.3) is 0 Å². The van der Waals surface area contributed by atoms with Crippen molar-refractivity contribution in [2.45, 2.75) is 51.1 Å². The normalized spacial score (nSPS) is 13.3. The number of nitrogens with zero attached hydrogens (tertiary/aromatic N) is 1. The Labute approximate surface area is 226 Å². The van der Waals surface area contributed by atoms with Crippen molar-refractivity contribution in [3.63, 3.8) is 0 Å². The maximum atomic E-state index is 13.5. The van der Waals surface area contributed by atoms with Crippen LogP contribution in [0.2, 0.25) is 0 Å². The SMILES string of the molecule is COC(=O)NC(Cc1ccccc1)C(=O)NC(Cc1ccc(NS(=O)(=O)O)cc1)c1nc(C(C)(C)C)cs1. The summed E-state index contributed by atoms with van der Waals surface area (Å²) in [5, 5.41) is 8.31. The highest BCUT2D eigenvalue weighted by atomic mass is 32.2. The lowest BCUT2D eigenvalue weighted by Crippen LogP contribution is -2.49. The summed E-state index contributed by atoms with van der Waals surface area (Å²) in [5.41, 5.74) is 2.56. The quantitative estimate of drug-likeness (QED) is 0.274. The van der Waals surface area contributed by atoms with Crippen LogP contribution in [0.4, 0.5) is 10.5 Å². The van der Waals surface area contributed by atoms with Crippen LogP contribution < -0.4 is 15.4 Å². The van der Waals surface area contributed by atoms with E-state index in [1.165, 1.54) is 30.6 Å². The molecule has 0 aliphatic carbocycles. The van der Waals surface area contributed by atoms with Crippen molar-refractivity contribution in [3.8, 4) is 0 Å². The van der Waals surface area contributed by atoms with Crippen LogP contribution in [0, 0.1) is 0 Å². The number of amides is 2. The summed E-state index contributed by atoms with van der Waals surface area (Å²) in [6.07, 6.45) is -0.107. The van der Waals surface area contributed by atoms with Crippen LogP contribution in [0.15, 0.2) is 60.0 Å². The molecule has 38 heavy (non-hydrogen) atoms. The molecular formula is C26H32N4O6S2. The van der Waals surface area contributed by atoms with E-state index in [-0.39, 0.29) is 17.5 Å². The van der Waals surface area contributed by atoms with E-state index in [1.807, 2.05) is 40.4 Å². The molecule has 12 heteroatoms. The molecule has 10 nitrogen and oxygen atoms in total. The van der Waals surface area contributed by atoms with Crippen LogP contribution in [0.5, 0.6) is 0 Å². The van der Waals surface area contributed by atoms with Crippen LogP contribution in [0.1, 0.15) is 48.6 Å². The number of ether oxygens (including phenoxy) is 1. The topological polar surface area (TPSA) is 147 Å². The molecule has 3 aromatic rings. The van der Waals surface area contributed by atoms with Gasteiger partial charge < -0.3 is 15.4 Å². The van der Waals surface area contributed by atoms with Crippen molar-refractivity contribution in [1.29, 1.82) is 0 Å². The molecule has 3 rings (SSSR count). The Hall–Kier alpha value is -3.48. The molecule has 1 heterocycles. The lowest BCUT2D eigenvalue weighted by molar-refractivity contribution is -0.123. The molecule has 2 atom stereocenters. The largest absolute Gasteiger partial charge is 0.453 e. The molecule has 0 bridgehead atoms. The fourth-order valence-corrected chi connectivity index (χ4v) is 5.15. The Bertz CT molecular complexity index is 1340. The summed E-state index contributed by atoms with van der Waals surface area (Å²) in [6.45, 7) is 6.16. The highest BCUT2D eigenvalue weighted by Crippen LogP contribution is 2.29. The zero-order valence-electron chi connectivity index (χ0n) is 21.6. The maximum absolute atomic E-state index is 13.5. The number of rotatable bonds is 10. The predicted molar refractivity (Wildman–Crippen MR) is 146 cm³/mol. The number of hydrogen-bond acceptors (Lipinski definition) is 7. The third-order valence-corrected chi connectivity index (χ3v) is 7.07. The van der Waals surface area contributed by atoms with E-state index in [0.29, 0.717) is 11.4 Å². The lowest BCUT2D eigenvalue weighted by atomic mass is 9.93. The van der Waals surface area contributed by atoms with Gasteiger partial charge in [-0.25, -0.2) is 9.78 Å². The minimum atomic E-state index is -4.39. The first kappa shape index (κ1) is 29.1.